The average molecular weight is 300 g/mol. The summed E-state index contributed by atoms with van der Waals surface area (Å²) in [6.45, 7) is 3.18. The van der Waals surface area contributed by atoms with E-state index in [1.165, 1.54) is 0 Å². The number of nitrogens with zero attached hydrogens (tertiary/aromatic N) is 2. The number of rotatable bonds is 3. The van der Waals surface area contributed by atoms with Crippen LogP contribution in [0, 0.1) is 5.92 Å². The molecule has 0 aliphatic carbocycles. The number of piperidine rings is 1. The van der Waals surface area contributed by atoms with Crippen molar-refractivity contribution in [3.8, 4) is 0 Å². The van der Waals surface area contributed by atoms with Gasteiger partial charge >= 0.3 is 0 Å². The minimum absolute atomic E-state index is 0.00609. The highest BCUT2D eigenvalue weighted by atomic mass is 16.2. The molecule has 0 radical (unpaired) electrons. The van der Waals surface area contributed by atoms with Crippen molar-refractivity contribution in [3.05, 3.63) is 35.9 Å². The molecule has 0 unspecified atom stereocenters. The molecule has 4 heteroatoms. The number of benzene rings is 1. The van der Waals surface area contributed by atoms with Crippen molar-refractivity contribution in [2.45, 2.75) is 32.1 Å². The molecule has 2 saturated heterocycles. The molecule has 22 heavy (non-hydrogen) atoms. The molecule has 2 aliphatic rings. The third-order valence-corrected chi connectivity index (χ3v) is 4.74. The highest BCUT2D eigenvalue weighted by molar-refractivity contribution is 5.82. The zero-order valence-electron chi connectivity index (χ0n) is 13.0. The van der Waals surface area contributed by atoms with Crippen LogP contribution in [-0.2, 0) is 16.0 Å². The van der Waals surface area contributed by atoms with Gasteiger partial charge in [-0.25, -0.2) is 0 Å². The van der Waals surface area contributed by atoms with Crippen molar-refractivity contribution >= 4 is 11.8 Å². The van der Waals surface area contributed by atoms with Crippen LogP contribution in [0.15, 0.2) is 30.3 Å². The molecule has 0 N–H and O–H groups in total. The Morgan fingerprint density at radius 3 is 2.36 bits per heavy atom. The van der Waals surface area contributed by atoms with Crippen molar-refractivity contribution in [1.29, 1.82) is 0 Å². The minimum Gasteiger partial charge on any atom is -0.342 e. The van der Waals surface area contributed by atoms with Gasteiger partial charge in [-0.1, -0.05) is 30.3 Å². The van der Waals surface area contributed by atoms with Crippen LogP contribution >= 0.6 is 0 Å². The van der Waals surface area contributed by atoms with Gasteiger partial charge < -0.3 is 9.80 Å². The van der Waals surface area contributed by atoms with E-state index in [0.717, 1.165) is 50.9 Å². The Balaban J connectivity index is 1.57. The maximum Gasteiger partial charge on any atom is 0.227 e. The van der Waals surface area contributed by atoms with E-state index in [1.807, 2.05) is 40.1 Å². The van der Waals surface area contributed by atoms with E-state index >= 15 is 0 Å². The molecule has 3 rings (SSSR count). The fraction of sp³-hybridized carbons (Fsp3) is 0.556. The molecule has 118 valence electrons. The lowest BCUT2D eigenvalue weighted by Gasteiger charge is -2.34. The van der Waals surface area contributed by atoms with Crippen LogP contribution < -0.4 is 0 Å². The maximum atomic E-state index is 12.5. The van der Waals surface area contributed by atoms with E-state index in [0.29, 0.717) is 13.0 Å². The first-order chi connectivity index (χ1) is 10.7. The highest BCUT2D eigenvalue weighted by Crippen LogP contribution is 2.22. The number of hydrogen-bond donors (Lipinski definition) is 0. The average Bonchev–Trinajstić information content (AvgIpc) is 3.09. The van der Waals surface area contributed by atoms with Crippen LogP contribution in [0.25, 0.3) is 0 Å². The molecule has 1 atom stereocenters. The van der Waals surface area contributed by atoms with E-state index in [4.69, 9.17) is 0 Å². The lowest BCUT2D eigenvalue weighted by molar-refractivity contribution is -0.139. The summed E-state index contributed by atoms with van der Waals surface area (Å²) < 4.78 is 0. The second-order valence-electron chi connectivity index (χ2n) is 6.37. The smallest absolute Gasteiger partial charge is 0.227 e. The number of carbonyl (C=O) groups excluding carboxylic acids is 2. The molecule has 2 heterocycles. The number of amides is 2. The zero-order valence-corrected chi connectivity index (χ0v) is 13.0. The van der Waals surface area contributed by atoms with Gasteiger partial charge in [-0.3, -0.25) is 9.59 Å². The maximum absolute atomic E-state index is 12.5. The second kappa shape index (κ2) is 6.95. The van der Waals surface area contributed by atoms with Gasteiger partial charge in [-0.05, 0) is 31.2 Å². The lowest BCUT2D eigenvalue weighted by Crippen LogP contribution is -2.46. The van der Waals surface area contributed by atoms with Crippen LogP contribution in [0.2, 0.25) is 0 Å². The zero-order chi connectivity index (χ0) is 15.4. The van der Waals surface area contributed by atoms with Gasteiger partial charge in [0, 0.05) is 26.2 Å². The van der Waals surface area contributed by atoms with Gasteiger partial charge in [0.05, 0.1) is 12.3 Å². The fourth-order valence-corrected chi connectivity index (χ4v) is 3.48. The first kappa shape index (κ1) is 15.1. The van der Waals surface area contributed by atoms with Gasteiger partial charge in [0.15, 0.2) is 0 Å². The molecule has 4 nitrogen and oxygen atoms in total. The Labute approximate surface area is 132 Å². The second-order valence-corrected chi connectivity index (χ2v) is 6.37. The Morgan fingerprint density at radius 2 is 1.64 bits per heavy atom. The van der Waals surface area contributed by atoms with E-state index < -0.39 is 0 Å². The fourth-order valence-electron chi connectivity index (χ4n) is 3.48. The molecule has 2 amide bonds. The van der Waals surface area contributed by atoms with Gasteiger partial charge in [0.1, 0.15) is 0 Å². The minimum atomic E-state index is 0.00609. The highest BCUT2D eigenvalue weighted by Gasteiger charge is 2.31. The molecule has 0 bridgehead atoms. The number of likely N-dealkylation sites (tertiary alicyclic amines) is 2. The number of carbonyl (C=O) groups is 2. The molecule has 0 saturated carbocycles. The summed E-state index contributed by atoms with van der Waals surface area (Å²) in [6, 6.07) is 9.83. The van der Waals surface area contributed by atoms with Crippen LogP contribution in [0.3, 0.4) is 0 Å². The van der Waals surface area contributed by atoms with Gasteiger partial charge in [-0.2, -0.15) is 0 Å². The van der Waals surface area contributed by atoms with Crippen molar-refractivity contribution in [2.75, 3.05) is 26.2 Å². The Kier molecular flexibility index (Phi) is 4.76. The van der Waals surface area contributed by atoms with E-state index in [-0.39, 0.29) is 17.7 Å². The van der Waals surface area contributed by atoms with Crippen molar-refractivity contribution < 1.29 is 9.59 Å². The molecule has 2 fully saturated rings. The van der Waals surface area contributed by atoms with Gasteiger partial charge in [0.25, 0.3) is 0 Å². The topological polar surface area (TPSA) is 40.6 Å². The largest absolute Gasteiger partial charge is 0.342 e. The Morgan fingerprint density at radius 1 is 0.955 bits per heavy atom. The summed E-state index contributed by atoms with van der Waals surface area (Å²) in [4.78, 5) is 28.8. The van der Waals surface area contributed by atoms with E-state index in [9.17, 15) is 9.59 Å². The molecule has 2 aliphatic heterocycles. The van der Waals surface area contributed by atoms with E-state index in [1.54, 1.807) is 0 Å². The standard InChI is InChI=1S/C18H24N2O2/c21-17(13-15-7-2-1-3-8-15)20-12-6-9-16(14-20)18(22)19-10-4-5-11-19/h1-3,7-8,16H,4-6,9-14H2/t16-/m1/s1. The lowest BCUT2D eigenvalue weighted by atomic mass is 9.96. The molecular formula is C18H24N2O2. The summed E-state index contributed by atoms with van der Waals surface area (Å²) in [7, 11) is 0. The third-order valence-electron chi connectivity index (χ3n) is 4.74. The van der Waals surface area contributed by atoms with Gasteiger partial charge in [-0.15, -0.1) is 0 Å². The SMILES string of the molecule is O=C(Cc1ccccc1)N1CCC[C@@H](C(=O)N2CCCC2)C1. The quantitative estimate of drug-likeness (QED) is 0.857. The summed E-state index contributed by atoms with van der Waals surface area (Å²) in [5, 5.41) is 0. The predicted octanol–water partition coefficient (Wildman–Crippen LogP) is 2.09. The third kappa shape index (κ3) is 3.49. The molecule has 0 aromatic heterocycles. The Bertz CT molecular complexity index is 523. The van der Waals surface area contributed by atoms with Crippen LogP contribution in [0.1, 0.15) is 31.2 Å². The van der Waals surface area contributed by atoms with E-state index in [2.05, 4.69) is 0 Å². The summed E-state index contributed by atoms with van der Waals surface area (Å²) in [6.07, 6.45) is 4.53. The molecule has 1 aromatic carbocycles. The van der Waals surface area contributed by atoms with Crippen LogP contribution in [0.4, 0.5) is 0 Å². The first-order valence-electron chi connectivity index (χ1n) is 8.34. The normalized spacial score (nSPS) is 21.9. The summed E-state index contributed by atoms with van der Waals surface area (Å²) >= 11 is 0. The Hall–Kier alpha value is -1.84. The monoisotopic (exact) mass is 300 g/mol. The number of hydrogen-bond acceptors (Lipinski definition) is 2. The van der Waals surface area contributed by atoms with Crippen LogP contribution in [0.5, 0.6) is 0 Å². The summed E-state index contributed by atoms with van der Waals surface area (Å²) in [5.41, 5.74) is 1.04. The predicted molar refractivity (Wildman–Crippen MR) is 85.3 cm³/mol. The van der Waals surface area contributed by atoms with Gasteiger partial charge in [0.2, 0.25) is 11.8 Å². The van der Waals surface area contributed by atoms with Crippen molar-refractivity contribution in [2.24, 2.45) is 5.92 Å². The molecule has 1 aromatic rings. The molecular weight excluding hydrogens is 276 g/mol. The van der Waals surface area contributed by atoms with Crippen molar-refractivity contribution in [3.63, 3.8) is 0 Å². The molecule has 0 spiro atoms. The summed E-state index contributed by atoms with van der Waals surface area (Å²) in [5.74, 6) is 0.409. The van der Waals surface area contributed by atoms with Crippen LogP contribution in [-0.4, -0.2) is 47.8 Å². The first-order valence-corrected chi connectivity index (χ1v) is 8.34. The van der Waals surface area contributed by atoms with Crippen molar-refractivity contribution in [1.82, 2.24) is 9.80 Å².